The highest BCUT2D eigenvalue weighted by Gasteiger charge is 2.33. The summed E-state index contributed by atoms with van der Waals surface area (Å²) in [5, 5.41) is 3.60. The normalized spacial score (nSPS) is 11.7. The van der Waals surface area contributed by atoms with Crippen LogP contribution in [0.3, 0.4) is 0 Å². The van der Waals surface area contributed by atoms with Gasteiger partial charge >= 0.3 is 6.18 Å². The van der Waals surface area contributed by atoms with E-state index in [0.717, 1.165) is 16.6 Å². The van der Waals surface area contributed by atoms with Gasteiger partial charge in [0.1, 0.15) is 16.7 Å². The highest BCUT2D eigenvalue weighted by atomic mass is 32.1. The van der Waals surface area contributed by atoms with Gasteiger partial charge in [-0.1, -0.05) is 53.8 Å². The molecule has 8 heteroatoms. The van der Waals surface area contributed by atoms with Gasteiger partial charge in [-0.05, 0) is 17.7 Å². The highest BCUT2D eigenvalue weighted by molar-refractivity contribution is 7.18. The zero-order chi connectivity index (χ0) is 18.9. The van der Waals surface area contributed by atoms with Crippen molar-refractivity contribution in [1.29, 1.82) is 0 Å². The van der Waals surface area contributed by atoms with E-state index in [9.17, 15) is 13.2 Å². The van der Waals surface area contributed by atoms with Crippen LogP contribution in [0.1, 0.15) is 16.1 Å². The van der Waals surface area contributed by atoms with Gasteiger partial charge in [0.05, 0.1) is 16.3 Å². The fraction of sp³-hybridized carbons (Fsp3) is 0.105. The van der Waals surface area contributed by atoms with Crippen molar-refractivity contribution >= 4 is 33.2 Å². The molecule has 0 aliphatic carbocycles. The number of anilines is 2. The van der Waals surface area contributed by atoms with Crippen molar-refractivity contribution in [3.8, 4) is 0 Å². The van der Waals surface area contributed by atoms with E-state index in [4.69, 9.17) is 0 Å². The molecule has 4 rings (SSSR count). The lowest BCUT2D eigenvalue weighted by Gasteiger charge is -2.13. The van der Waals surface area contributed by atoms with Crippen LogP contribution >= 0.6 is 11.3 Å². The molecular formula is C19H13F3N4S. The number of para-hydroxylation sites is 1. The largest absolute Gasteiger partial charge is 0.418 e. The molecule has 0 saturated heterocycles. The highest BCUT2D eigenvalue weighted by Crippen LogP contribution is 2.36. The Kier molecular flexibility index (Phi) is 4.49. The average Bonchev–Trinajstić information content (AvgIpc) is 3.06. The van der Waals surface area contributed by atoms with Crippen molar-refractivity contribution in [2.45, 2.75) is 12.6 Å². The maximum atomic E-state index is 13.2. The Morgan fingerprint density at radius 1 is 0.926 bits per heavy atom. The number of nitrogens with one attached hydrogen (secondary N) is 1. The number of fused-ring (bicyclic) bond motifs is 1. The van der Waals surface area contributed by atoms with Crippen molar-refractivity contribution in [2.24, 2.45) is 0 Å². The molecule has 0 bridgehead atoms. The summed E-state index contributed by atoms with van der Waals surface area (Å²) >= 11 is 1.40. The van der Waals surface area contributed by atoms with Crippen molar-refractivity contribution in [2.75, 3.05) is 5.32 Å². The Balaban J connectivity index is 1.69. The first kappa shape index (κ1) is 17.4. The summed E-state index contributed by atoms with van der Waals surface area (Å²) < 4.78 is 39.7. The van der Waals surface area contributed by atoms with E-state index in [2.05, 4.69) is 20.3 Å². The topological polar surface area (TPSA) is 50.7 Å². The molecule has 0 radical (unpaired) electrons. The van der Waals surface area contributed by atoms with Crippen molar-refractivity contribution in [3.05, 3.63) is 77.1 Å². The third-order valence-corrected chi connectivity index (χ3v) is 4.89. The fourth-order valence-electron chi connectivity index (χ4n) is 2.70. The first-order valence-electron chi connectivity index (χ1n) is 8.08. The Hall–Kier alpha value is -3.00. The first-order valence-corrected chi connectivity index (χ1v) is 8.90. The van der Waals surface area contributed by atoms with Crippen LogP contribution in [0.15, 0.2) is 60.9 Å². The minimum Gasteiger partial charge on any atom is -0.338 e. The molecule has 0 atom stereocenters. The van der Waals surface area contributed by atoms with Gasteiger partial charge in [0.2, 0.25) is 0 Å². The van der Waals surface area contributed by atoms with Crippen LogP contribution in [0.4, 0.5) is 24.7 Å². The molecule has 2 aromatic carbocycles. The smallest absolute Gasteiger partial charge is 0.338 e. The van der Waals surface area contributed by atoms with Gasteiger partial charge in [-0.2, -0.15) is 13.2 Å². The molecule has 2 heterocycles. The van der Waals surface area contributed by atoms with E-state index in [0.29, 0.717) is 16.8 Å². The average molecular weight is 386 g/mol. The molecule has 1 N–H and O–H groups in total. The number of aromatic nitrogens is 3. The van der Waals surface area contributed by atoms with Gasteiger partial charge in [0.15, 0.2) is 5.82 Å². The van der Waals surface area contributed by atoms with E-state index in [1.165, 1.54) is 35.9 Å². The maximum Gasteiger partial charge on any atom is 0.418 e. The standard InChI is InChI=1S/C19H13F3N4S/c20-19(21,22)13-8-4-5-9-14(13)25-17-16-18(24-11-23-17)27-15(26-16)10-12-6-2-1-3-7-12/h1-9,11H,10H2,(H,23,24,25). The van der Waals surface area contributed by atoms with Gasteiger partial charge in [-0.25, -0.2) is 15.0 Å². The Labute approximate surface area is 156 Å². The van der Waals surface area contributed by atoms with E-state index in [1.807, 2.05) is 30.3 Å². The number of halogens is 3. The molecule has 0 spiro atoms. The van der Waals surface area contributed by atoms with Gasteiger partial charge in [0.25, 0.3) is 0 Å². The van der Waals surface area contributed by atoms with Crippen LogP contribution in [-0.2, 0) is 12.6 Å². The minimum atomic E-state index is -4.46. The monoisotopic (exact) mass is 386 g/mol. The van der Waals surface area contributed by atoms with Crippen LogP contribution in [0.25, 0.3) is 10.3 Å². The first-order chi connectivity index (χ1) is 13.0. The number of thiazole rings is 1. The van der Waals surface area contributed by atoms with Crippen molar-refractivity contribution in [3.63, 3.8) is 0 Å². The summed E-state index contributed by atoms with van der Waals surface area (Å²) in [6.07, 6.45) is -2.51. The van der Waals surface area contributed by atoms with Crippen LogP contribution in [0.2, 0.25) is 0 Å². The Morgan fingerprint density at radius 2 is 1.67 bits per heavy atom. The number of alkyl halides is 3. The molecule has 0 fully saturated rings. The maximum absolute atomic E-state index is 13.2. The predicted octanol–water partition coefficient (Wildman–Crippen LogP) is 5.44. The molecule has 0 unspecified atom stereocenters. The number of hydrogen-bond donors (Lipinski definition) is 1. The van der Waals surface area contributed by atoms with E-state index >= 15 is 0 Å². The van der Waals surface area contributed by atoms with Crippen LogP contribution in [-0.4, -0.2) is 15.0 Å². The molecule has 27 heavy (non-hydrogen) atoms. The number of rotatable bonds is 4. The van der Waals surface area contributed by atoms with E-state index in [1.54, 1.807) is 0 Å². The molecule has 136 valence electrons. The fourth-order valence-corrected chi connectivity index (χ4v) is 3.64. The van der Waals surface area contributed by atoms with Crippen LogP contribution < -0.4 is 5.32 Å². The molecule has 0 amide bonds. The third kappa shape index (κ3) is 3.75. The molecule has 2 aromatic heterocycles. The Bertz CT molecular complexity index is 1080. The number of nitrogens with zero attached hydrogens (tertiary/aromatic N) is 3. The second-order valence-corrected chi connectivity index (χ2v) is 6.88. The summed E-state index contributed by atoms with van der Waals surface area (Å²) in [7, 11) is 0. The number of hydrogen-bond acceptors (Lipinski definition) is 5. The zero-order valence-electron chi connectivity index (χ0n) is 13.9. The van der Waals surface area contributed by atoms with Gasteiger partial charge < -0.3 is 5.32 Å². The second-order valence-electron chi connectivity index (χ2n) is 5.81. The molecule has 4 aromatic rings. The van der Waals surface area contributed by atoms with Gasteiger partial charge in [0, 0.05) is 6.42 Å². The van der Waals surface area contributed by atoms with Crippen molar-refractivity contribution in [1.82, 2.24) is 15.0 Å². The summed E-state index contributed by atoms with van der Waals surface area (Å²) in [5.41, 5.74) is 0.742. The lowest BCUT2D eigenvalue weighted by Crippen LogP contribution is -2.09. The predicted molar refractivity (Wildman–Crippen MR) is 99.2 cm³/mol. The minimum absolute atomic E-state index is 0.0670. The summed E-state index contributed by atoms with van der Waals surface area (Å²) in [6.45, 7) is 0. The van der Waals surface area contributed by atoms with Crippen molar-refractivity contribution < 1.29 is 13.2 Å². The molecule has 0 aliphatic heterocycles. The Morgan fingerprint density at radius 3 is 2.44 bits per heavy atom. The van der Waals surface area contributed by atoms with Crippen LogP contribution in [0.5, 0.6) is 0 Å². The van der Waals surface area contributed by atoms with Crippen LogP contribution in [0, 0.1) is 0 Å². The lowest BCUT2D eigenvalue weighted by atomic mass is 10.1. The molecule has 4 nitrogen and oxygen atoms in total. The molecule has 0 aliphatic rings. The van der Waals surface area contributed by atoms with E-state index in [-0.39, 0.29) is 11.5 Å². The lowest BCUT2D eigenvalue weighted by molar-refractivity contribution is -0.136. The van der Waals surface area contributed by atoms with E-state index < -0.39 is 11.7 Å². The zero-order valence-corrected chi connectivity index (χ0v) is 14.7. The SMILES string of the molecule is FC(F)(F)c1ccccc1Nc1ncnc2sc(Cc3ccccc3)nc12. The number of benzene rings is 2. The second kappa shape index (κ2) is 6.96. The molecule has 0 saturated carbocycles. The third-order valence-electron chi connectivity index (χ3n) is 3.92. The van der Waals surface area contributed by atoms with Gasteiger partial charge in [-0.3, -0.25) is 0 Å². The quantitative estimate of drug-likeness (QED) is 0.507. The van der Waals surface area contributed by atoms with Gasteiger partial charge in [-0.15, -0.1) is 0 Å². The summed E-state index contributed by atoms with van der Waals surface area (Å²) in [6, 6.07) is 15.1. The molecular weight excluding hydrogens is 373 g/mol. The summed E-state index contributed by atoms with van der Waals surface area (Å²) in [4.78, 5) is 13.5. The summed E-state index contributed by atoms with van der Waals surface area (Å²) in [5.74, 6) is 0.257.